The predicted molar refractivity (Wildman–Crippen MR) is 63.1 cm³/mol. The number of halogens is 1. The molecule has 0 saturated carbocycles. The molecule has 1 N–H and O–H groups in total. The van der Waals surface area contributed by atoms with Crippen molar-refractivity contribution >= 4 is 17.5 Å². The highest BCUT2D eigenvalue weighted by Crippen LogP contribution is 2.21. The van der Waals surface area contributed by atoms with Gasteiger partial charge in [-0.25, -0.2) is 0 Å². The van der Waals surface area contributed by atoms with E-state index in [1.165, 1.54) is 0 Å². The summed E-state index contributed by atoms with van der Waals surface area (Å²) in [5.74, 6) is 0.274. The Bertz CT molecular complexity index is 221. The van der Waals surface area contributed by atoms with Crippen molar-refractivity contribution < 1.29 is 9.90 Å². The molecule has 3 nitrogen and oxygen atoms in total. The minimum atomic E-state index is -0.867. The number of hydrogen-bond acceptors (Lipinski definition) is 2. The minimum absolute atomic E-state index is 0.0119. The van der Waals surface area contributed by atoms with E-state index in [1.807, 2.05) is 20.8 Å². The maximum Gasteiger partial charge on any atom is 0.229 e. The molecule has 1 amide bonds. The van der Waals surface area contributed by atoms with Gasteiger partial charge in [-0.2, -0.15) is 0 Å². The summed E-state index contributed by atoms with van der Waals surface area (Å²) in [6, 6.07) is 0. The molecule has 0 radical (unpaired) electrons. The second kappa shape index (κ2) is 5.17. The zero-order valence-corrected chi connectivity index (χ0v) is 11.1. The molecule has 0 aliphatic carbocycles. The third-order valence-electron chi connectivity index (χ3n) is 2.16. The summed E-state index contributed by atoms with van der Waals surface area (Å²) in [7, 11) is 0. The first-order chi connectivity index (χ1) is 6.64. The van der Waals surface area contributed by atoms with Crippen molar-refractivity contribution in [2.75, 3.05) is 19.0 Å². The monoisotopic (exact) mass is 235 g/mol. The minimum Gasteiger partial charge on any atom is -0.389 e. The van der Waals surface area contributed by atoms with Crippen LogP contribution in [-0.4, -0.2) is 40.5 Å². The average Bonchev–Trinajstić information content (AvgIpc) is 2.11. The molecule has 0 fully saturated rings. The fourth-order valence-corrected chi connectivity index (χ4v) is 1.39. The quantitative estimate of drug-likeness (QED) is 0.740. The molecular weight excluding hydrogens is 214 g/mol. The summed E-state index contributed by atoms with van der Waals surface area (Å²) >= 11 is 5.75. The first kappa shape index (κ1) is 14.7. The Morgan fingerprint density at radius 2 is 1.80 bits per heavy atom. The van der Waals surface area contributed by atoms with Crippen LogP contribution in [0.25, 0.3) is 0 Å². The SMILES string of the molecule is CCN(CC(C)(C)O)C(=O)C(C)(C)CCl. The van der Waals surface area contributed by atoms with Crippen LogP contribution in [0.1, 0.15) is 34.6 Å². The summed E-state index contributed by atoms with van der Waals surface area (Å²) in [6.45, 7) is 9.83. The van der Waals surface area contributed by atoms with E-state index in [-0.39, 0.29) is 11.8 Å². The number of rotatable bonds is 5. The lowest BCUT2D eigenvalue weighted by Crippen LogP contribution is -2.47. The molecule has 0 aliphatic heterocycles. The Balaban J connectivity index is 4.63. The summed E-state index contributed by atoms with van der Waals surface area (Å²) in [4.78, 5) is 13.7. The van der Waals surface area contributed by atoms with Gasteiger partial charge >= 0.3 is 0 Å². The van der Waals surface area contributed by atoms with Crippen LogP contribution in [0.2, 0.25) is 0 Å². The van der Waals surface area contributed by atoms with Crippen LogP contribution in [-0.2, 0) is 4.79 Å². The summed E-state index contributed by atoms with van der Waals surface area (Å²) < 4.78 is 0. The Morgan fingerprint density at radius 3 is 2.07 bits per heavy atom. The Hall–Kier alpha value is -0.280. The van der Waals surface area contributed by atoms with Gasteiger partial charge in [-0.1, -0.05) is 0 Å². The molecular formula is C11H22ClNO2. The van der Waals surface area contributed by atoms with Gasteiger partial charge in [-0.05, 0) is 34.6 Å². The largest absolute Gasteiger partial charge is 0.389 e. The fourth-order valence-electron chi connectivity index (χ4n) is 1.28. The van der Waals surface area contributed by atoms with Gasteiger partial charge in [0.25, 0.3) is 0 Å². The first-order valence-electron chi connectivity index (χ1n) is 5.22. The van der Waals surface area contributed by atoms with Crippen LogP contribution in [0.15, 0.2) is 0 Å². The molecule has 0 aromatic rings. The van der Waals surface area contributed by atoms with E-state index in [4.69, 9.17) is 11.6 Å². The van der Waals surface area contributed by atoms with Gasteiger partial charge < -0.3 is 10.0 Å². The number of amides is 1. The standard InChI is InChI=1S/C11H22ClNO2/c1-6-13(8-11(4,5)15)9(14)10(2,3)7-12/h15H,6-8H2,1-5H3. The van der Waals surface area contributed by atoms with E-state index in [9.17, 15) is 9.90 Å². The Labute approximate surface area is 97.4 Å². The number of nitrogens with zero attached hydrogens (tertiary/aromatic N) is 1. The second-order valence-electron chi connectivity index (χ2n) is 5.15. The highest BCUT2D eigenvalue weighted by molar-refractivity contribution is 6.19. The molecule has 0 unspecified atom stereocenters. The number of carbonyl (C=O) groups is 1. The Morgan fingerprint density at radius 1 is 1.33 bits per heavy atom. The molecule has 15 heavy (non-hydrogen) atoms. The van der Waals surface area contributed by atoms with E-state index in [0.717, 1.165) is 0 Å². The zero-order chi connectivity index (χ0) is 12.3. The first-order valence-corrected chi connectivity index (χ1v) is 5.75. The molecule has 0 rings (SSSR count). The maximum atomic E-state index is 12.0. The van der Waals surface area contributed by atoms with Crippen molar-refractivity contribution in [3.8, 4) is 0 Å². The van der Waals surface area contributed by atoms with E-state index in [1.54, 1.807) is 18.7 Å². The molecule has 0 spiro atoms. The lowest BCUT2D eigenvalue weighted by Gasteiger charge is -2.33. The van der Waals surface area contributed by atoms with E-state index in [0.29, 0.717) is 13.1 Å². The summed E-state index contributed by atoms with van der Waals surface area (Å²) in [6.07, 6.45) is 0. The van der Waals surface area contributed by atoms with Crippen LogP contribution < -0.4 is 0 Å². The number of carbonyl (C=O) groups excluding carboxylic acids is 1. The summed E-state index contributed by atoms with van der Waals surface area (Å²) in [5.41, 5.74) is -1.43. The lowest BCUT2D eigenvalue weighted by atomic mass is 9.93. The van der Waals surface area contributed by atoms with Crippen LogP contribution in [0.4, 0.5) is 0 Å². The predicted octanol–water partition coefficient (Wildman–Crippen LogP) is 1.87. The average molecular weight is 236 g/mol. The van der Waals surface area contributed by atoms with Gasteiger partial charge in [0.15, 0.2) is 0 Å². The topological polar surface area (TPSA) is 40.5 Å². The molecule has 4 heteroatoms. The molecule has 0 bridgehead atoms. The van der Waals surface area contributed by atoms with Crippen LogP contribution in [0.5, 0.6) is 0 Å². The van der Waals surface area contributed by atoms with Gasteiger partial charge in [0.1, 0.15) is 0 Å². The summed E-state index contributed by atoms with van der Waals surface area (Å²) in [5, 5.41) is 9.68. The molecule has 90 valence electrons. The number of alkyl halides is 1. The lowest BCUT2D eigenvalue weighted by molar-refractivity contribution is -0.142. The van der Waals surface area contributed by atoms with Crippen molar-refractivity contribution in [3.05, 3.63) is 0 Å². The third kappa shape index (κ3) is 4.85. The normalized spacial score (nSPS) is 12.7. The van der Waals surface area contributed by atoms with Crippen molar-refractivity contribution in [3.63, 3.8) is 0 Å². The van der Waals surface area contributed by atoms with Crippen molar-refractivity contribution in [1.29, 1.82) is 0 Å². The smallest absolute Gasteiger partial charge is 0.229 e. The molecule has 0 heterocycles. The molecule has 0 atom stereocenters. The second-order valence-corrected chi connectivity index (χ2v) is 5.42. The van der Waals surface area contributed by atoms with E-state index >= 15 is 0 Å². The number of hydrogen-bond donors (Lipinski definition) is 1. The highest BCUT2D eigenvalue weighted by Gasteiger charge is 2.32. The molecule has 0 aromatic carbocycles. The number of likely N-dealkylation sites (N-methyl/N-ethyl adjacent to an activating group) is 1. The fraction of sp³-hybridized carbons (Fsp3) is 0.909. The Kier molecular flexibility index (Phi) is 5.07. The third-order valence-corrected chi connectivity index (χ3v) is 2.83. The molecule has 0 aliphatic rings. The van der Waals surface area contributed by atoms with Gasteiger partial charge in [0, 0.05) is 19.0 Å². The van der Waals surface area contributed by atoms with E-state index < -0.39 is 11.0 Å². The maximum absolute atomic E-state index is 12.0. The van der Waals surface area contributed by atoms with Crippen LogP contribution in [0, 0.1) is 5.41 Å². The van der Waals surface area contributed by atoms with Crippen molar-refractivity contribution in [2.24, 2.45) is 5.41 Å². The van der Waals surface area contributed by atoms with Crippen molar-refractivity contribution in [2.45, 2.75) is 40.2 Å². The van der Waals surface area contributed by atoms with E-state index in [2.05, 4.69) is 0 Å². The van der Waals surface area contributed by atoms with Crippen LogP contribution >= 0.6 is 11.6 Å². The number of aliphatic hydroxyl groups is 1. The van der Waals surface area contributed by atoms with Gasteiger partial charge in [0.2, 0.25) is 5.91 Å². The van der Waals surface area contributed by atoms with Gasteiger partial charge in [-0.3, -0.25) is 4.79 Å². The van der Waals surface area contributed by atoms with Crippen molar-refractivity contribution in [1.82, 2.24) is 4.90 Å². The van der Waals surface area contributed by atoms with Gasteiger partial charge in [-0.15, -0.1) is 11.6 Å². The molecule has 0 aromatic heterocycles. The van der Waals surface area contributed by atoms with Crippen LogP contribution in [0.3, 0.4) is 0 Å². The zero-order valence-electron chi connectivity index (χ0n) is 10.3. The molecule has 0 saturated heterocycles. The highest BCUT2D eigenvalue weighted by atomic mass is 35.5. The van der Waals surface area contributed by atoms with Gasteiger partial charge in [0.05, 0.1) is 11.0 Å².